The third kappa shape index (κ3) is 4.62. The first-order valence-corrected chi connectivity index (χ1v) is 11.2. The van der Waals surface area contributed by atoms with Crippen LogP contribution < -0.4 is 10.1 Å². The third-order valence-corrected chi connectivity index (χ3v) is 6.35. The molecule has 8 nitrogen and oxygen atoms in total. The van der Waals surface area contributed by atoms with Gasteiger partial charge in [-0.1, -0.05) is 30.3 Å². The van der Waals surface area contributed by atoms with Crippen LogP contribution in [0, 0.1) is 0 Å². The van der Waals surface area contributed by atoms with Crippen molar-refractivity contribution in [3.63, 3.8) is 0 Å². The van der Waals surface area contributed by atoms with Crippen LogP contribution in [0.5, 0.6) is 5.75 Å². The molecule has 2 fully saturated rings. The highest BCUT2D eigenvalue weighted by molar-refractivity contribution is 6.05. The summed E-state index contributed by atoms with van der Waals surface area (Å²) in [7, 11) is 0. The van der Waals surface area contributed by atoms with E-state index in [1.54, 1.807) is 18.2 Å². The number of ether oxygens (including phenoxy) is 2. The molecule has 33 heavy (non-hydrogen) atoms. The molecule has 5 rings (SSSR count). The molecule has 2 atom stereocenters. The number of carbonyl (C=O) groups excluding carboxylic acids is 3. The summed E-state index contributed by atoms with van der Waals surface area (Å²) in [5.41, 5.74) is 3.02. The molecule has 2 saturated heterocycles. The number of piperidine rings is 1. The first-order valence-electron chi connectivity index (χ1n) is 11.8. The number of imide groups is 1. The number of morpholine rings is 1. The molecule has 3 heterocycles. The quantitative estimate of drug-likeness (QED) is 0.676. The second-order valence-electron chi connectivity index (χ2n) is 8.55. The summed E-state index contributed by atoms with van der Waals surface area (Å²) >= 11 is 0. The second kappa shape index (κ2) is 9.33. The number of hydrogen-bond acceptors (Lipinski definition) is 6. The lowest BCUT2D eigenvalue weighted by Crippen LogP contribution is -2.52. The summed E-state index contributed by atoms with van der Waals surface area (Å²) in [6, 6.07) is 12.3. The average Bonchev–Trinajstić information content (AvgIpc) is 3.17. The molecule has 0 bridgehead atoms. The van der Waals surface area contributed by atoms with Crippen LogP contribution >= 0.6 is 0 Å². The van der Waals surface area contributed by atoms with Crippen molar-refractivity contribution in [1.29, 1.82) is 0 Å². The molecule has 172 valence electrons. The predicted molar refractivity (Wildman–Crippen MR) is 119 cm³/mol. The standard InChI is InChI=1S/C25H27N3O5/c29-23-9-8-21(24(30)26-23)28-15-20-19(25(28)31)2-1-3-22(20)33-16-18-6-4-17(5-7-18)14-27-10-12-32-13-11-27/h1-7,21H,8-16H2,(H,26,29,30)/i16D. The Kier molecular flexibility index (Phi) is 5.76. The number of nitrogens with zero attached hydrogens (tertiary/aromatic N) is 2. The number of carbonyl (C=O) groups is 3. The Morgan fingerprint density at radius 1 is 1.06 bits per heavy atom. The van der Waals surface area contributed by atoms with Gasteiger partial charge in [0.25, 0.3) is 5.91 Å². The first kappa shape index (κ1) is 20.4. The number of fused-ring (bicyclic) bond motifs is 1. The number of benzene rings is 2. The van der Waals surface area contributed by atoms with Crippen LogP contribution in [0.1, 0.15) is 41.3 Å². The summed E-state index contributed by atoms with van der Waals surface area (Å²) in [6.07, 6.45) is 0.509. The summed E-state index contributed by atoms with van der Waals surface area (Å²) in [5.74, 6) is -0.570. The summed E-state index contributed by atoms with van der Waals surface area (Å²) in [4.78, 5) is 40.6. The Balaban J connectivity index is 1.27. The smallest absolute Gasteiger partial charge is 0.255 e. The molecule has 0 aliphatic carbocycles. The normalized spacial score (nSPS) is 22.5. The monoisotopic (exact) mass is 450 g/mol. The number of amides is 3. The van der Waals surface area contributed by atoms with E-state index >= 15 is 0 Å². The van der Waals surface area contributed by atoms with E-state index in [0.717, 1.165) is 38.4 Å². The number of hydrogen-bond donors (Lipinski definition) is 1. The van der Waals surface area contributed by atoms with Crippen molar-refractivity contribution in [1.82, 2.24) is 15.1 Å². The van der Waals surface area contributed by atoms with Gasteiger partial charge in [0, 0.05) is 37.2 Å². The topological polar surface area (TPSA) is 88.2 Å². The molecule has 2 unspecified atom stereocenters. The lowest BCUT2D eigenvalue weighted by Gasteiger charge is -2.29. The third-order valence-electron chi connectivity index (χ3n) is 6.35. The van der Waals surface area contributed by atoms with Gasteiger partial charge in [0.1, 0.15) is 18.4 Å². The van der Waals surface area contributed by atoms with Gasteiger partial charge < -0.3 is 14.4 Å². The molecule has 1 N–H and O–H groups in total. The second-order valence-corrected chi connectivity index (χ2v) is 8.55. The van der Waals surface area contributed by atoms with Gasteiger partial charge in [-0.3, -0.25) is 24.6 Å². The highest BCUT2D eigenvalue weighted by Crippen LogP contribution is 2.34. The van der Waals surface area contributed by atoms with Crippen molar-refractivity contribution in [2.24, 2.45) is 0 Å². The molecular formula is C25H27N3O5. The van der Waals surface area contributed by atoms with E-state index in [1.165, 1.54) is 10.5 Å². The molecule has 0 radical (unpaired) electrons. The van der Waals surface area contributed by atoms with E-state index in [9.17, 15) is 14.4 Å². The van der Waals surface area contributed by atoms with Crippen molar-refractivity contribution < 1.29 is 25.2 Å². The van der Waals surface area contributed by atoms with Gasteiger partial charge in [-0.05, 0) is 29.7 Å². The molecule has 0 aromatic heterocycles. The fourth-order valence-electron chi connectivity index (χ4n) is 4.52. The number of rotatable bonds is 6. The molecule has 3 aliphatic heterocycles. The lowest BCUT2D eigenvalue weighted by molar-refractivity contribution is -0.136. The highest BCUT2D eigenvalue weighted by atomic mass is 16.5. The zero-order chi connectivity index (χ0) is 23.7. The Bertz CT molecular complexity index is 1100. The Morgan fingerprint density at radius 3 is 2.58 bits per heavy atom. The predicted octanol–water partition coefficient (Wildman–Crippen LogP) is 1.86. The van der Waals surface area contributed by atoms with E-state index in [1.807, 2.05) is 24.3 Å². The summed E-state index contributed by atoms with van der Waals surface area (Å²) < 4.78 is 19.9. The molecule has 0 saturated carbocycles. The van der Waals surface area contributed by atoms with Crippen LogP contribution in [0.15, 0.2) is 42.5 Å². The van der Waals surface area contributed by atoms with Crippen molar-refractivity contribution in [2.45, 2.75) is 38.6 Å². The van der Waals surface area contributed by atoms with Crippen molar-refractivity contribution in [3.8, 4) is 5.75 Å². The van der Waals surface area contributed by atoms with Crippen molar-refractivity contribution >= 4 is 17.7 Å². The van der Waals surface area contributed by atoms with Gasteiger partial charge in [0.15, 0.2) is 0 Å². The maximum absolute atomic E-state index is 13.0. The molecule has 2 aromatic rings. The van der Waals surface area contributed by atoms with E-state index in [0.29, 0.717) is 23.3 Å². The largest absolute Gasteiger partial charge is 0.489 e. The van der Waals surface area contributed by atoms with E-state index in [-0.39, 0.29) is 24.8 Å². The molecular weight excluding hydrogens is 422 g/mol. The zero-order valence-corrected chi connectivity index (χ0v) is 18.3. The SMILES string of the molecule is [2H]C(Oc1cccc2c1CN(C1CCC(=O)NC1=O)C2=O)c1ccc(CN2CCOCC2)cc1. The van der Waals surface area contributed by atoms with Gasteiger partial charge in [0.2, 0.25) is 11.8 Å². The van der Waals surface area contributed by atoms with Crippen LogP contribution in [0.3, 0.4) is 0 Å². The van der Waals surface area contributed by atoms with Gasteiger partial charge in [0.05, 0.1) is 21.1 Å². The minimum absolute atomic E-state index is 0.205. The molecule has 2 aromatic carbocycles. The van der Waals surface area contributed by atoms with Gasteiger partial charge >= 0.3 is 0 Å². The number of nitrogens with one attached hydrogen (secondary N) is 1. The van der Waals surface area contributed by atoms with Crippen LogP contribution in [0.4, 0.5) is 0 Å². The van der Waals surface area contributed by atoms with E-state index in [2.05, 4.69) is 10.2 Å². The van der Waals surface area contributed by atoms with E-state index < -0.39 is 18.5 Å². The Labute approximate surface area is 193 Å². The first-order chi connectivity index (χ1) is 16.5. The minimum Gasteiger partial charge on any atom is -0.489 e. The Morgan fingerprint density at radius 2 is 1.82 bits per heavy atom. The van der Waals surface area contributed by atoms with Crippen LogP contribution in [0.25, 0.3) is 0 Å². The van der Waals surface area contributed by atoms with Crippen LogP contribution in [-0.4, -0.2) is 59.9 Å². The summed E-state index contributed by atoms with van der Waals surface area (Å²) in [5, 5.41) is 2.31. The molecule has 8 heteroatoms. The van der Waals surface area contributed by atoms with Gasteiger partial charge in [-0.25, -0.2) is 0 Å². The van der Waals surface area contributed by atoms with Crippen LogP contribution in [-0.2, 0) is 34.0 Å². The van der Waals surface area contributed by atoms with Crippen molar-refractivity contribution in [3.05, 3.63) is 64.7 Å². The van der Waals surface area contributed by atoms with Gasteiger partial charge in [-0.2, -0.15) is 0 Å². The Hall–Kier alpha value is -3.23. The fourth-order valence-corrected chi connectivity index (χ4v) is 4.52. The highest BCUT2D eigenvalue weighted by Gasteiger charge is 2.40. The fraction of sp³-hybridized carbons (Fsp3) is 0.400. The zero-order valence-electron chi connectivity index (χ0n) is 19.3. The minimum atomic E-state index is -0.955. The van der Waals surface area contributed by atoms with Gasteiger partial charge in [-0.15, -0.1) is 0 Å². The van der Waals surface area contributed by atoms with Crippen LogP contribution in [0.2, 0.25) is 0 Å². The lowest BCUT2D eigenvalue weighted by atomic mass is 10.0. The molecule has 3 amide bonds. The van der Waals surface area contributed by atoms with Crippen molar-refractivity contribution in [2.75, 3.05) is 26.3 Å². The maximum atomic E-state index is 13.0. The average molecular weight is 451 g/mol. The molecule has 0 spiro atoms. The molecule has 3 aliphatic rings. The van der Waals surface area contributed by atoms with E-state index in [4.69, 9.17) is 10.8 Å². The maximum Gasteiger partial charge on any atom is 0.255 e. The summed E-state index contributed by atoms with van der Waals surface area (Å²) in [6.45, 7) is 3.44.